The summed E-state index contributed by atoms with van der Waals surface area (Å²) in [5.74, 6) is 0.841. The molecule has 0 unspecified atom stereocenters. The van der Waals surface area contributed by atoms with Crippen LogP contribution in [-0.2, 0) is 6.42 Å². The molecule has 1 amide bonds. The lowest BCUT2D eigenvalue weighted by molar-refractivity contribution is 0.0998. The molecular weight excluding hydrogens is 262 g/mol. The summed E-state index contributed by atoms with van der Waals surface area (Å²) in [7, 11) is 0. The van der Waals surface area contributed by atoms with Crippen LogP contribution in [0.15, 0.2) is 48.5 Å². The zero-order valence-corrected chi connectivity index (χ0v) is 12.3. The van der Waals surface area contributed by atoms with Crippen molar-refractivity contribution < 1.29 is 9.53 Å². The number of para-hydroxylation sites is 2. The van der Waals surface area contributed by atoms with E-state index in [2.05, 4.69) is 6.92 Å². The average Bonchev–Trinajstić information content (AvgIpc) is 2.49. The molecule has 0 spiro atoms. The molecule has 3 heteroatoms. The third-order valence-corrected chi connectivity index (χ3v) is 3.37. The molecule has 0 saturated carbocycles. The number of hydrogen-bond acceptors (Lipinski definition) is 2. The number of carbonyl (C=O) groups is 1. The van der Waals surface area contributed by atoms with Crippen molar-refractivity contribution in [3.63, 3.8) is 0 Å². The van der Waals surface area contributed by atoms with Gasteiger partial charge in [0.2, 0.25) is 0 Å². The van der Waals surface area contributed by atoms with Crippen LogP contribution in [0, 0.1) is 0 Å². The molecule has 3 nitrogen and oxygen atoms in total. The Morgan fingerprint density at radius 1 is 1.05 bits per heavy atom. The van der Waals surface area contributed by atoms with Gasteiger partial charge in [-0.3, -0.25) is 4.79 Å². The van der Waals surface area contributed by atoms with E-state index in [-0.39, 0.29) is 0 Å². The van der Waals surface area contributed by atoms with Gasteiger partial charge >= 0.3 is 0 Å². The van der Waals surface area contributed by atoms with E-state index in [4.69, 9.17) is 10.5 Å². The molecule has 0 aliphatic carbocycles. The summed E-state index contributed by atoms with van der Waals surface area (Å²) in [6.45, 7) is 2.17. The molecule has 2 aromatic rings. The lowest BCUT2D eigenvalue weighted by Gasteiger charge is -2.14. The Morgan fingerprint density at radius 2 is 1.81 bits per heavy atom. The van der Waals surface area contributed by atoms with E-state index in [1.54, 1.807) is 6.07 Å². The number of unbranched alkanes of at least 4 members (excludes halogenated alkanes) is 2. The summed E-state index contributed by atoms with van der Waals surface area (Å²) in [5.41, 5.74) is 6.94. The molecule has 0 atom stereocenters. The molecule has 0 aromatic heterocycles. The van der Waals surface area contributed by atoms with Crippen molar-refractivity contribution in [3.8, 4) is 11.5 Å². The number of aryl methyl sites for hydroxylation is 1. The number of nitrogens with two attached hydrogens (primary N) is 1. The number of amides is 1. The number of benzene rings is 2. The van der Waals surface area contributed by atoms with E-state index in [0.29, 0.717) is 17.1 Å². The predicted octanol–water partition coefficient (Wildman–Crippen LogP) is 4.31. The van der Waals surface area contributed by atoms with Crippen LogP contribution in [0.1, 0.15) is 42.1 Å². The van der Waals surface area contributed by atoms with Gasteiger partial charge in [-0.25, -0.2) is 0 Å². The average molecular weight is 283 g/mol. The highest BCUT2D eigenvalue weighted by Gasteiger charge is 2.14. The maximum Gasteiger partial charge on any atom is 0.252 e. The number of hydrogen-bond donors (Lipinski definition) is 1. The van der Waals surface area contributed by atoms with Crippen LogP contribution in [0.4, 0.5) is 0 Å². The summed E-state index contributed by atoms with van der Waals surface area (Å²) in [6.07, 6.45) is 4.27. The molecule has 0 heterocycles. The lowest BCUT2D eigenvalue weighted by Crippen LogP contribution is -2.13. The summed E-state index contributed by atoms with van der Waals surface area (Å²) in [5, 5.41) is 0. The van der Waals surface area contributed by atoms with Gasteiger partial charge in [0.15, 0.2) is 0 Å². The third-order valence-electron chi connectivity index (χ3n) is 3.37. The van der Waals surface area contributed by atoms with Crippen molar-refractivity contribution in [1.82, 2.24) is 0 Å². The van der Waals surface area contributed by atoms with Gasteiger partial charge in [0.05, 0.1) is 5.56 Å². The fourth-order valence-electron chi connectivity index (χ4n) is 2.27. The Bertz CT molecular complexity index is 593. The summed E-state index contributed by atoms with van der Waals surface area (Å²) >= 11 is 0. The minimum Gasteiger partial charge on any atom is -0.456 e. The van der Waals surface area contributed by atoms with Crippen molar-refractivity contribution in [1.29, 1.82) is 0 Å². The molecule has 110 valence electrons. The molecule has 0 radical (unpaired) electrons. The van der Waals surface area contributed by atoms with Gasteiger partial charge in [-0.2, -0.15) is 0 Å². The molecule has 21 heavy (non-hydrogen) atoms. The van der Waals surface area contributed by atoms with Gasteiger partial charge in [0.25, 0.3) is 5.91 Å². The van der Waals surface area contributed by atoms with Crippen molar-refractivity contribution in [2.24, 2.45) is 5.73 Å². The van der Waals surface area contributed by atoms with Crippen molar-refractivity contribution in [2.75, 3.05) is 0 Å². The van der Waals surface area contributed by atoms with Gasteiger partial charge in [-0.05, 0) is 36.6 Å². The van der Waals surface area contributed by atoms with Crippen LogP contribution in [0.3, 0.4) is 0 Å². The van der Waals surface area contributed by atoms with Crippen LogP contribution < -0.4 is 10.5 Å². The fraction of sp³-hybridized carbons (Fsp3) is 0.278. The second kappa shape index (κ2) is 7.48. The highest BCUT2D eigenvalue weighted by atomic mass is 16.5. The van der Waals surface area contributed by atoms with E-state index in [1.807, 2.05) is 42.5 Å². The molecule has 0 bridgehead atoms. The number of primary amides is 1. The van der Waals surface area contributed by atoms with Crippen LogP contribution in [0.2, 0.25) is 0 Å². The Kier molecular flexibility index (Phi) is 5.38. The van der Waals surface area contributed by atoms with Crippen molar-refractivity contribution in [2.45, 2.75) is 32.6 Å². The topological polar surface area (TPSA) is 52.3 Å². The molecule has 0 aliphatic heterocycles. The predicted molar refractivity (Wildman–Crippen MR) is 84.7 cm³/mol. The SMILES string of the molecule is CCCCCc1cccc(C(N)=O)c1Oc1ccccc1. The van der Waals surface area contributed by atoms with E-state index >= 15 is 0 Å². The molecule has 2 N–H and O–H groups in total. The van der Waals surface area contributed by atoms with E-state index in [1.165, 1.54) is 0 Å². The van der Waals surface area contributed by atoms with Gasteiger partial charge in [0, 0.05) is 0 Å². The minimum absolute atomic E-state index is 0.438. The minimum atomic E-state index is -0.460. The third kappa shape index (κ3) is 4.09. The number of rotatable bonds is 7. The zero-order chi connectivity index (χ0) is 15.1. The molecule has 2 rings (SSSR count). The van der Waals surface area contributed by atoms with Gasteiger partial charge in [0.1, 0.15) is 11.5 Å². The lowest BCUT2D eigenvalue weighted by atomic mass is 10.0. The first-order valence-corrected chi connectivity index (χ1v) is 7.37. The summed E-state index contributed by atoms with van der Waals surface area (Å²) in [4.78, 5) is 11.6. The van der Waals surface area contributed by atoms with Crippen LogP contribution in [-0.4, -0.2) is 5.91 Å². The van der Waals surface area contributed by atoms with Crippen LogP contribution in [0.5, 0.6) is 11.5 Å². The Labute approximate surface area is 125 Å². The first kappa shape index (κ1) is 15.1. The first-order valence-electron chi connectivity index (χ1n) is 7.37. The first-order chi connectivity index (χ1) is 10.2. The molecule has 0 saturated heterocycles. The van der Waals surface area contributed by atoms with Gasteiger partial charge in [-0.15, -0.1) is 0 Å². The standard InChI is InChI=1S/C18H21NO2/c1-2-3-5-9-14-10-8-13-16(18(19)20)17(14)21-15-11-6-4-7-12-15/h4,6-8,10-13H,2-3,5,9H2,1H3,(H2,19,20). The smallest absolute Gasteiger partial charge is 0.252 e. The van der Waals surface area contributed by atoms with Crippen molar-refractivity contribution in [3.05, 3.63) is 59.7 Å². The molecule has 0 aliphatic rings. The zero-order valence-electron chi connectivity index (χ0n) is 12.3. The van der Waals surface area contributed by atoms with E-state index in [9.17, 15) is 4.79 Å². The highest BCUT2D eigenvalue weighted by molar-refractivity contribution is 5.96. The normalized spacial score (nSPS) is 10.3. The monoisotopic (exact) mass is 283 g/mol. The van der Waals surface area contributed by atoms with Crippen molar-refractivity contribution >= 4 is 5.91 Å². The fourth-order valence-corrected chi connectivity index (χ4v) is 2.27. The molecular formula is C18H21NO2. The number of ether oxygens (including phenoxy) is 1. The second-order valence-electron chi connectivity index (χ2n) is 5.03. The molecule has 0 fully saturated rings. The quantitative estimate of drug-likeness (QED) is 0.770. The number of carbonyl (C=O) groups excluding carboxylic acids is 1. The highest BCUT2D eigenvalue weighted by Crippen LogP contribution is 2.30. The van der Waals surface area contributed by atoms with E-state index < -0.39 is 5.91 Å². The maximum atomic E-state index is 11.6. The second-order valence-corrected chi connectivity index (χ2v) is 5.03. The summed E-state index contributed by atoms with van der Waals surface area (Å²) < 4.78 is 5.93. The summed E-state index contributed by atoms with van der Waals surface area (Å²) in [6, 6.07) is 15.0. The molecule has 2 aromatic carbocycles. The van der Waals surface area contributed by atoms with Crippen LogP contribution in [0.25, 0.3) is 0 Å². The van der Waals surface area contributed by atoms with E-state index in [0.717, 1.165) is 31.2 Å². The maximum absolute atomic E-state index is 11.6. The Balaban J connectivity index is 2.31. The Morgan fingerprint density at radius 3 is 2.48 bits per heavy atom. The van der Waals surface area contributed by atoms with Crippen LogP contribution >= 0.6 is 0 Å². The van der Waals surface area contributed by atoms with Gasteiger partial charge < -0.3 is 10.5 Å². The largest absolute Gasteiger partial charge is 0.456 e. The van der Waals surface area contributed by atoms with Gasteiger partial charge in [-0.1, -0.05) is 50.1 Å². The Hall–Kier alpha value is -2.29.